The lowest BCUT2D eigenvalue weighted by Crippen LogP contribution is -2.51. The minimum absolute atomic E-state index is 0.136. The molecule has 1 aromatic carbocycles. The van der Waals surface area contributed by atoms with Gasteiger partial charge in [-0.05, 0) is 75.6 Å². The van der Waals surface area contributed by atoms with Gasteiger partial charge in [0.05, 0.1) is 36.2 Å². The summed E-state index contributed by atoms with van der Waals surface area (Å²) >= 11 is 0. The predicted octanol–water partition coefficient (Wildman–Crippen LogP) is 3.07. The van der Waals surface area contributed by atoms with Crippen LogP contribution in [-0.2, 0) is 16.1 Å². The molecule has 1 N–H and O–H groups in total. The number of piperidine rings is 1. The molecule has 3 aromatic rings. The Kier molecular flexibility index (Phi) is 6.71. The van der Waals surface area contributed by atoms with Gasteiger partial charge in [0.25, 0.3) is 5.56 Å². The molecule has 1 saturated heterocycles. The number of amides is 1. The topological polar surface area (TPSA) is 112 Å². The van der Waals surface area contributed by atoms with E-state index in [1.165, 1.54) is 17.1 Å². The second-order valence-electron chi connectivity index (χ2n) is 11.8. The van der Waals surface area contributed by atoms with Crippen LogP contribution in [0.1, 0.15) is 58.3 Å². The van der Waals surface area contributed by atoms with E-state index in [-0.39, 0.29) is 29.5 Å². The van der Waals surface area contributed by atoms with Gasteiger partial charge in [-0.2, -0.15) is 5.10 Å². The molecule has 1 aliphatic heterocycles. The number of hydrogen-bond donors (Lipinski definition) is 1. The minimum atomic E-state index is -1.06. The molecule has 2 saturated carbocycles. The summed E-state index contributed by atoms with van der Waals surface area (Å²) in [5.41, 5.74) is -0.263. The highest BCUT2D eigenvalue weighted by Crippen LogP contribution is 2.47. The zero-order valence-electron chi connectivity index (χ0n) is 22.7. The van der Waals surface area contributed by atoms with Crippen molar-refractivity contribution < 1.29 is 19.4 Å². The lowest BCUT2D eigenvalue weighted by molar-refractivity contribution is -0.141. The number of carbonyl (C=O) groups is 1. The number of aliphatic hydroxyl groups is 1. The van der Waals surface area contributed by atoms with E-state index in [0.29, 0.717) is 43.1 Å². The summed E-state index contributed by atoms with van der Waals surface area (Å²) in [6.45, 7) is 3.15. The van der Waals surface area contributed by atoms with E-state index in [1.807, 2.05) is 36.1 Å². The van der Waals surface area contributed by atoms with Crippen LogP contribution in [0.2, 0.25) is 0 Å². The second-order valence-corrected chi connectivity index (χ2v) is 11.8. The zero-order valence-corrected chi connectivity index (χ0v) is 22.7. The zero-order chi connectivity index (χ0) is 27.2. The highest BCUT2D eigenvalue weighted by atomic mass is 16.5. The molecule has 10 heteroatoms. The van der Waals surface area contributed by atoms with E-state index in [4.69, 9.17) is 9.47 Å². The number of fused-ring (bicyclic) bond motifs is 1. The van der Waals surface area contributed by atoms with Gasteiger partial charge in [-0.15, -0.1) is 0 Å². The number of ether oxygens (including phenoxy) is 2. The van der Waals surface area contributed by atoms with Gasteiger partial charge in [0.15, 0.2) is 5.65 Å². The maximum Gasteiger partial charge on any atom is 0.264 e. The molecule has 208 valence electrons. The van der Waals surface area contributed by atoms with Crippen LogP contribution in [0.5, 0.6) is 5.75 Å². The molecule has 0 atom stereocenters. The third-order valence-electron chi connectivity index (χ3n) is 8.86. The first-order valence-corrected chi connectivity index (χ1v) is 14.0. The summed E-state index contributed by atoms with van der Waals surface area (Å²) in [5.74, 6) is 0.990. The van der Waals surface area contributed by atoms with Crippen LogP contribution >= 0.6 is 0 Å². The van der Waals surface area contributed by atoms with E-state index in [1.54, 1.807) is 11.8 Å². The van der Waals surface area contributed by atoms with Crippen molar-refractivity contribution in [3.8, 4) is 11.4 Å². The summed E-state index contributed by atoms with van der Waals surface area (Å²) in [6, 6.07) is 7.66. The molecule has 1 amide bonds. The Hall–Kier alpha value is -3.24. The van der Waals surface area contributed by atoms with Crippen LogP contribution in [0.15, 0.2) is 41.6 Å². The van der Waals surface area contributed by atoms with Crippen LogP contribution in [0, 0.1) is 5.41 Å². The molecule has 0 bridgehead atoms. The third-order valence-corrected chi connectivity index (χ3v) is 8.86. The molecule has 39 heavy (non-hydrogen) atoms. The van der Waals surface area contributed by atoms with Crippen LogP contribution in [0.25, 0.3) is 16.7 Å². The fourth-order valence-corrected chi connectivity index (χ4v) is 5.88. The number of aromatic nitrogens is 4. The average molecular weight is 536 g/mol. The smallest absolute Gasteiger partial charge is 0.264 e. The fourth-order valence-electron chi connectivity index (χ4n) is 5.88. The summed E-state index contributed by atoms with van der Waals surface area (Å²) in [5, 5.41) is 16.1. The SMILES string of the molecule is COC1CCC(Oc2ccc(-n3ncc4c(=O)n(CC5(O)CCN(C(=O)C6(C)CC6)CC5)cnc43)cc2)CC1. The highest BCUT2D eigenvalue weighted by Gasteiger charge is 2.48. The molecule has 6 rings (SSSR count). The Morgan fingerprint density at radius 3 is 2.36 bits per heavy atom. The Labute approximate surface area is 227 Å². The number of rotatable bonds is 7. The molecular weight excluding hydrogens is 498 g/mol. The Morgan fingerprint density at radius 1 is 1.05 bits per heavy atom. The third kappa shape index (κ3) is 5.19. The van der Waals surface area contributed by atoms with Gasteiger partial charge < -0.3 is 19.5 Å². The van der Waals surface area contributed by atoms with Crippen molar-refractivity contribution >= 4 is 16.9 Å². The Bertz CT molecular complexity index is 1390. The number of hydrogen-bond acceptors (Lipinski definition) is 7. The molecule has 0 spiro atoms. The molecule has 0 unspecified atom stereocenters. The van der Waals surface area contributed by atoms with Crippen molar-refractivity contribution in [3.63, 3.8) is 0 Å². The summed E-state index contributed by atoms with van der Waals surface area (Å²) in [7, 11) is 1.76. The van der Waals surface area contributed by atoms with Crippen LogP contribution in [0.4, 0.5) is 0 Å². The maximum atomic E-state index is 13.3. The lowest BCUT2D eigenvalue weighted by atomic mass is 9.90. The Morgan fingerprint density at radius 2 is 1.72 bits per heavy atom. The first-order chi connectivity index (χ1) is 18.8. The standard InChI is InChI=1S/C29H37N5O5/c1-28(11-12-28)27(36)32-15-13-29(37,14-16-32)18-33-19-30-25-24(26(33)35)17-31-34(25)20-3-5-22(6-4-20)39-23-9-7-21(38-2)8-10-23/h3-6,17,19,21,23,37H,7-16,18H2,1-2H3. The maximum absolute atomic E-state index is 13.3. The summed E-state index contributed by atoms with van der Waals surface area (Å²) in [6.07, 6.45) is 10.3. The van der Waals surface area contributed by atoms with Crippen molar-refractivity contribution in [2.24, 2.45) is 5.41 Å². The average Bonchev–Trinajstić information content (AvgIpc) is 3.55. The van der Waals surface area contributed by atoms with E-state index in [0.717, 1.165) is 50.0 Å². The van der Waals surface area contributed by atoms with Crippen molar-refractivity contribution in [1.29, 1.82) is 0 Å². The first-order valence-electron chi connectivity index (χ1n) is 14.0. The summed E-state index contributed by atoms with van der Waals surface area (Å²) < 4.78 is 14.7. The lowest BCUT2D eigenvalue weighted by Gasteiger charge is -2.39. The largest absolute Gasteiger partial charge is 0.490 e. The van der Waals surface area contributed by atoms with Gasteiger partial charge in [0.1, 0.15) is 17.5 Å². The van der Waals surface area contributed by atoms with Crippen molar-refractivity contribution in [2.45, 2.75) is 82.6 Å². The molecule has 3 heterocycles. The van der Waals surface area contributed by atoms with E-state index in [2.05, 4.69) is 10.1 Å². The van der Waals surface area contributed by atoms with Crippen molar-refractivity contribution in [3.05, 3.63) is 47.1 Å². The van der Waals surface area contributed by atoms with Crippen molar-refractivity contribution in [1.82, 2.24) is 24.2 Å². The molecule has 10 nitrogen and oxygen atoms in total. The molecule has 3 aliphatic rings. The van der Waals surface area contributed by atoms with Crippen LogP contribution < -0.4 is 10.3 Å². The second kappa shape index (κ2) is 10.1. The molecule has 3 fully saturated rings. The number of nitrogens with zero attached hydrogens (tertiary/aromatic N) is 5. The van der Waals surface area contributed by atoms with Crippen LogP contribution in [-0.4, -0.2) is 73.3 Å². The molecular formula is C29H37N5O5. The minimum Gasteiger partial charge on any atom is -0.490 e. The van der Waals surface area contributed by atoms with Gasteiger partial charge in [0, 0.05) is 25.6 Å². The van der Waals surface area contributed by atoms with Gasteiger partial charge in [-0.1, -0.05) is 6.92 Å². The van der Waals surface area contributed by atoms with Crippen molar-refractivity contribution in [2.75, 3.05) is 20.2 Å². The van der Waals surface area contributed by atoms with E-state index in [9.17, 15) is 14.7 Å². The molecule has 0 radical (unpaired) electrons. The van der Waals surface area contributed by atoms with Gasteiger partial charge in [0.2, 0.25) is 5.91 Å². The number of methoxy groups -OCH3 is 1. The van der Waals surface area contributed by atoms with Gasteiger partial charge >= 0.3 is 0 Å². The quantitative estimate of drug-likeness (QED) is 0.495. The molecule has 2 aliphatic carbocycles. The number of benzene rings is 1. The fraction of sp³-hybridized carbons (Fsp3) is 0.586. The van der Waals surface area contributed by atoms with Gasteiger partial charge in [-0.3, -0.25) is 14.2 Å². The number of likely N-dealkylation sites (tertiary alicyclic amines) is 1. The highest BCUT2D eigenvalue weighted by molar-refractivity contribution is 5.85. The summed E-state index contributed by atoms with van der Waals surface area (Å²) in [4.78, 5) is 32.3. The Balaban J connectivity index is 1.12. The molecule has 2 aromatic heterocycles. The predicted molar refractivity (Wildman–Crippen MR) is 145 cm³/mol. The van der Waals surface area contributed by atoms with E-state index >= 15 is 0 Å². The van der Waals surface area contributed by atoms with Crippen LogP contribution in [0.3, 0.4) is 0 Å². The van der Waals surface area contributed by atoms with Gasteiger partial charge in [-0.25, -0.2) is 9.67 Å². The number of carbonyl (C=O) groups excluding carboxylic acids is 1. The van der Waals surface area contributed by atoms with E-state index < -0.39 is 5.60 Å². The normalized spacial score (nSPS) is 24.0. The monoisotopic (exact) mass is 535 g/mol. The first kappa shape index (κ1) is 26.0.